The number of nitrogen functional groups attached to an aromatic ring is 1. The molecule has 1 aromatic rings. The van der Waals surface area contributed by atoms with Gasteiger partial charge in [0.15, 0.2) is 0 Å². The zero-order chi connectivity index (χ0) is 15.4. The summed E-state index contributed by atoms with van der Waals surface area (Å²) in [7, 11) is -1.87. The van der Waals surface area contributed by atoms with Crippen molar-refractivity contribution in [1.82, 2.24) is 4.72 Å². The van der Waals surface area contributed by atoms with Gasteiger partial charge in [0.2, 0.25) is 10.0 Å². The Kier molecular flexibility index (Phi) is 5.56. The highest BCUT2D eigenvalue weighted by Gasteiger charge is 2.22. The SMILES string of the molecule is COCCC(C)(C)CNS(=O)(=O)c1ccc(N)c(C)c1. The van der Waals surface area contributed by atoms with Crippen LogP contribution in [0.3, 0.4) is 0 Å². The standard InChI is InChI=1S/C14H24N2O3S/c1-11-9-12(5-6-13(11)15)20(17,18)16-10-14(2,3)7-8-19-4/h5-6,9,16H,7-8,10,15H2,1-4H3. The normalized spacial score (nSPS) is 12.6. The number of nitrogens with two attached hydrogens (primary N) is 1. The van der Waals surface area contributed by atoms with Crippen molar-refractivity contribution >= 4 is 15.7 Å². The number of hydrogen-bond acceptors (Lipinski definition) is 4. The Balaban J connectivity index is 2.77. The van der Waals surface area contributed by atoms with Crippen LogP contribution in [-0.4, -0.2) is 28.7 Å². The molecule has 0 aliphatic heterocycles. The molecule has 0 fully saturated rings. The second-order valence-corrected chi connectivity index (χ2v) is 7.52. The fourth-order valence-corrected chi connectivity index (χ4v) is 2.98. The Labute approximate surface area is 121 Å². The average Bonchev–Trinajstić information content (AvgIpc) is 2.37. The van der Waals surface area contributed by atoms with Crippen LogP contribution in [0.1, 0.15) is 25.8 Å². The van der Waals surface area contributed by atoms with Gasteiger partial charge in [0.1, 0.15) is 0 Å². The zero-order valence-corrected chi connectivity index (χ0v) is 13.4. The molecular formula is C14H24N2O3S. The van der Waals surface area contributed by atoms with Gasteiger partial charge in [0, 0.05) is 25.9 Å². The molecular weight excluding hydrogens is 276 g/mol. The fourth-order valence-electron chi connectivity index (χ4n) is 1.66. The minimum Gasteiger partial charge on any atom is -0.399 e. The number of hydrogen-bond donors (Lipinski definition) is 2. The highest BCUT2D eigenvalue weighted by Crippen LogP contribution is 2.21. The van der Waals surface area contributed by atoms with Gasteiger partial charge < -0.3 is 10.5 Å². The van der Waals surface area contributed by atoms with Crippen molar-refractivity contribution in [2.45, 2.75) is 32.1 Å². The van der Waals surface area contributed by atoms with E-state index in [4.69, 9.17) is 10.5 Å². The minimum absolute atomic E-state index is 0.161. The molecule has 0 unspecified atom stereocenters. The summed E-state index contributed by atoms with van der Waals surface area (Å²) in [6, 6.07) is 4.71. The monoisotopic (exact) mass is 300 g/mol. The maximum atomic E-state index is 12.2. The highest BCUT2D eigenvalue weighted by molar-refractivity contribution is 7.89. The molecule has 3 N–H and O–H groups in total. The molecule has 0 bridgehead atoms. The smallest absolute Gasteiger partial charge is 0.240 e. The molecule has 0 heterocycles. The topological polar surface area (TPSA) is 81.4 Å². The summed E-state index contributed by atoms with van der Waals surface area (Å²) in [5.74, 6) is 0. The average molecular weight is 300 g/mol. The maximum absolute atomic E-state index is 12.2. The predicted molar refractivity (Wildman–Crippen MR) is 81.1 cm³/mol. The third-order valence-electron chi connectivity index (χ3n) is 3.28. The van der Waals surface area contributed by atoms with E-state index >= 15 is 0 Å². The van der Waals surface area contributed by atoms with E-state index in [2.05, 4.69) is 4.72 Å². The molecule has 1 rings (SSSR count). The summed E-state index contributed by atoms with van der Waals surface area (Å²) in [5.41, 5.74) is 6.88. The van der Waals surface area contributed by atoms with Crippen LogP contribution in [0, 0.1) is 12.3 Å². The first-order valence-electron chi connectivity index (χ1n) is 6.53. The van der Waals surface area contributed by atoms with Crippen molar-refractivity contribution in [2.24, 2.45) is 5.41 Å². The molecule has 0 aromatic heterocycles. The lowest BCUT2D eigenvalue weighted by molar-refractivity contribution is 0.153. The van der Waals surface area contributed by atoms with Gasteiger partial charge >= 0.3 is 0 Å². The molecule has 114 valence electrons. The molecule has 0 saturated carbocycles. The number of aryl methyl sites for hydroxylation is 1. The van der Waals surface area contributed by atoms with E-state index in [1.165, 1.54) is 6.07 Å². The molecule has 0 aliphatic carbocycles. The second-order valence-electron chi connectivity index (χ2n) is 5.75. The molecule has 0 spiro atoms. The van der Waals surface area contributed by atoms with E-state index in [9.17, 15) is 8.42 Å². The third kappa shape index (κ3) is 4.77. The highest BCUT2D eigenvalue weighted by atomic mass is 32.2. The van der Waals surface area contributed by atoms with Crippen molar-refractivity contribution in [2.75, 3.05) is 26.0 Å². The van der Waals surface area contributed by atoms with E-state index < -0.39 is 10.0 Å². The van der Waals surface area contributed by atoms with Crippen LogP contribution in [0.4, 0.5) is 5.69 Å². The van der Waals surface area contributed by atoms with Gasteiger partial charge in [0.05, 0.1) is 4.90 Å². The van der Waals surface area contributed by atoms with E-state index in [1.54, 1.807) is 26.2 Å². The van der Waals surface area contributed by atoms with Crippen molar-refractivity contribution in [3.63, 3.8) is 0 Å². The Morgan fingerprint density at radius 1 is 1.35 bits per heavy atom. The van der Waals surface area contributed by atoms with E-state index in [0.717, 1.165) is 12.0 Å². The van der Waals surface area contributed by atoms with Crippen LogP contribution in [0.5, 0.6) is 0 Å². The molecule has 1 aromatic carbocycles. The van der Waals surface area contributed by atoms with Gasteiger partial charge in [-0.1, -0.05) is 13.8 Å². The summed E-state index contributed by atoms with van der Waals surface area (Å²) in [4.78, 5) is 0.242. The van der Waals surface area contributed by atoms with E-state index in [0.29, 0.717) is 18.8 Å². The lowest BCUT2D eigenvalue weighted by Gasteiger charge is -2.24. The molecule has 0 amide bonds. The summed E-state index contributed by atoms with van der Waals surface area (Å²) in [5, 5.41) is 0. The summed E-state index contributed by atoms with van der Waals surface area (Å²) in [6.07, 6.45) is 0.785. The molecule has 6 heteroatoms. The maximum Gasteiger partial charge on any atom is 0.240 e. The number of methoxy groups -OCH3 is 1. The van der Waals surface area contributed by atoms with Gasteiger partial charge in [-0.25, -0.2) is 13.1 Å². The Morgan fingerprint density at radius 3 is 2.55 bits per heavy atom. The van der Waals surface area contributed by atoms with Gasteiger partial charge in [-0.05, 0) is 42.5 Å². The quantitative estimate of drug-likeness (QED) is 0.754. The molecule has 0 aliphatic rings. The second kappa shape index (κ2) is 6.56. The lowest BCUT2D eigenvalue weighted by Crippen LogP contribution is -2.34. The molecule has 0 saturated heterocycles. The van der Waals surface area contributed by atoms with Gasteiger partial charge in [-0.3, -0.25) is 0 Å². The van der Waals surface area contributed by atoms with Gasteiger partial charge in [0.25, 0.3) is 0 Å². The van der Waals surface area contributed by atoms with E-state index in [-0.39, 0.29) is 10.3 Å². The van der Waals surface area contributed by atoms with Crippen molar-refractivity contribution in [3.8, 4) is 0 Å². The molecule has 0 radical (unpaired) electrons. The molecule has 20 heavy (non-hydrogen) atoms. The Hall–Kier alpha value is -1.11. The van der Waals surface area contributed by atoms with Crippen LogP contribution >= 0.6 is 0 Å². The molecule has 0 atom stereocenters. The summed E-state index contributed by atoms with van der Waals surface area (Å²) < 4.78 is 32.1. The van der Waals surface area contributed by atoms with E-state index in [1.807, 2.05) is 13.8 Å². The van der Waals surface area contributed by atoms with Crippen LogP contribution in [-0.2, 0) is 14.8 Å². The largest absolute Gasteiger partial charge is 0.399 e. The third-order valence-corrected chi connectivity index (χ3v) is 4.67. The molecule has 5 nitrogen and oxygen atoms in total. The predicted octanol–water partition coefficient (Wildman–Crippen LogP) is 1.92. The number of rotatable bonds is 7. The van der Waals surface area contributed by atoms with Gasteiger partial charge in [-0.2, -0.15) is 0 Å². The van der Waals surface area contributed by atoms with Crippen molar-refractivity contribution in [3.05, 3.63) is 23.8 Å². The van der Waals surface area contributed by atoms with Gasteiger partial charge in [-0.15, -0.1) is 0 Å². The Morgan fingerprint density at radius 2 is 2.00 bits per heavy atom. The van der Waals surface area contributed by atoms with Crippen LogP contribution in [0.15, 0.2) is 23.1 Å². The van der Waals surface area contributed by atoms with Crippen molar-refractivity contribution in [1.29, 1.82) is 0 Å². The number of nitrogens with one attached hydrogen (secondary N) is 1. The van der Waals surface area contributed by atoms with Crippen molar-refractivity contribution < 1.29 is 13.2 Å². The first-order valence-corrected chi connectivity index (χ1v) is 8.01. The minimum atomic E-state index is -3.50. The fraction of sp³-hybridized carbons (Fsp3) is 0.571. The number of sulfonamides is 1. The van der Waals surface area contributed by atoms with Crippen LogP contribution in [0.25, 0.3) is 0 Å². The van der Waals surface area contributed by atoms with Crippen LogP contribution < -0.4 is 10.5 Å². The number of benzene rings is 1. The summed E-state index contributed by atoms with van der Waals surface area (Å²) in [6.45, 7) is 6.76. The number of anilines is 1. The lowest BCUT2D eigenvalue weighted by atomic mass is 9.90. The van der Waals surface area contributed by atoms with Crippen LogP contribution in [0.2, 0.25) is 0 Å². The zero-order valence-electron chi connectivity index (χ0n) is 12.6. The first kappa shape index (κ1) is 16.9. The Bertz CT molecular complexity index is 554. The summed E-state index contributed by atoms with van der Waals surface area (Å²) >= 11 is 0. The first-order chi connectivity index (χ1) is 9.18. The number of ether oxygens (including phenoxy) is 1.